The molecular weight excluding hydrogens is 400 g/mol. The van der Waals surface area contributed by atoms with Crippen LogP contribution in [0.4, 0.5) is 0 Å². The van der Waals surface area contributed by atoms with Crippen LogP contribution in [0.15, 0.2) is 11.7 Å². The predicted octanol–water partition coefficient (Wildman–Crippen LogP) is 2.23. The first-order valence-corrected chi connectivity index (χ1v) is 12.3. The lowest BCUT2D eigenvalue weighted by Gasteiger charge is -2.26. The van der Waals surface area contributed by atoms with Crippen molar-refractivity contribution >= 4 is 23.2 Å². The maximum atomic E-state index is 12.9. The third-order valence-electron chi connectivity index (χ3n) is 7.07. The van der Waals surface area contributed by atoms with Crippen molar-refractivity contribution < 1.29 is 14.3 Å². The zero-order valence-electron chi connectivity index (χ0n) is 18.2. The highest BCUT2D eigenvalue weighted by Gasteiger charge is 2.51. The molecule has 4 atom stereocenters. The van der Waals surface area contributed by atoms with E-state index in [-0.39, 0.29) is 35.8 Å². The summed E-state index contributed by atoms with van der Waals surface area (Å²) >= 11 is 1.67. The van der Waals surface area contributed by atoms with Gasteiger partial charge in [-0.15, -0.1) is 11.3 Å². The van der Waals surface area contributed by atoms with Crippen LogP contribution >= 0.6 is 11.3 Å². The average molecular weight is 435 g/mol. The van der Waals surface area contributed by atoms with Gasteiger partial charge in [-0.1, -0.05) is 0 Å². The number of amides is 2. The highest BCUT2D eigenvalue weighted by atomic mass is 32.1. The van der Waals surface area contributed by atoms with Crippen molar-refractivity contribution in [1.29, 1.82) is 0 Å². The normalized spacial score (nSPS) is 28.8. The van der Waals surface area contributed by atoms with E-state index in [0.717, 1.165) is 52.1 Å². The molecule has 0 aromatic carbocycles. The number of carbonyl (C=O) groups excluding carboxylic acids is 2. The van der Waals surface area contributed by atoms with Crippen molar-refractivity contribution in [3.05, 3.63) is 16.6 Å². The fourth-order valence-electron chi connectivity index (χ4n) is 5.51. The molecule has 0 spiro atoms. The van der Waals surface area contributed by atoms with Gasteiger partial charge in [0.05, 0.1) is 24.6 Å². The number of hydrogen-bond acceptors (Lipinski definition) is 6. The first kappa shape index (κ1) is 21.7. The Morgan fingerprint density at radius 2 is 2.00 bits per heavy atom. The molecule has 2 amide bonds. The number of aromatic nitrogens is 1. The van der Waals surface area contributed by atoms with Gasteiger partial charge < -0.3 is 14.5 Å². The molecule has 166 valence electrons. The lowest BCUT2D eigenvalue weighted by molar-refractivity contribution is -0.134. The van der Waals surface area contributed by atoms with E-state index in [4.69, 9.17) is 4.74 Å². The monoisotopic (exact) mass is 434 g/mol. The van der Waals surface area contributed by atoms with E-state index < -0.39 is 0 Å². The van der Waals surface area contributed by atoms with Crippen molar-refractivity contribution in [2.75, 3.05) is 39.3 Å². The van der Waals surface area contributed by atoms with E-state index in [0.29, 0.717) is 19.4 Å². The van der Waals surface area contributed by atoms with E-state index >= 15 is 0 Å². The molecule has 3 aliphatic heterocycles. The van der Waals surface area contributed by atoms with Gasteiger partial charge in [0.15, 0.2) is 0 Å². The maximum Gasteiger partial charge on any atom is 0.225 e. The maximum absolute atomic E-state index is 12.9. The second-order valence-electron chi connectivity index (χ2n) is 8.74. The molecule has 0 unspecified atom stereocenters. The molecule has 0 N–H and O–H groups in total. The summed E-state index contributed by atoms with van der Waals surface area (Å²) in [5.41, 5.74) is 1.87. The minimum absolute atomic E-state index is 0.0917. The Morgan fingerprint density at radius 1 is 1.23 bits per heavy atom. The number of hydrogen-bond donors (Lipinski definition) is 0. The molecular formula is C22H34N4O3S. The number of nitrogens with zero attached hydrogens (tertiary/aromatic N) is 4. The third-order valence-corrected chi connectivity index (χ3v) is 7.83. The number of likely N-dealkylation sites (tertiary alicyclic amines) is 2. The molecule has 30 heavy (non-hydrogen) atoms. The van der Waals surface area contributed by atoms with Crippen molar-refractivity contribution in [1.82, 2.24) is 19.7 Å². The van der Waals surface area contributed by atoms with Gasteiger partial charge in [-0.3, -0.25) is 19.5 Å². The second kappa shape index (κ2) is 9.75. The first-order chi connectivity index (χ1) is 14.6. The number of ether oxygens (including phenoxy) is 1. The van der Waals surface area contributed by atoms with Gasteiger partial charge in [0.1, 0.15) is 0 Å². The fraction of sp³-hybridized carbons (Fsp3) is 0.773. The highest BCUT2D eigenvalue weighted by Crippen LogP contribution is 2.42. The summed E-state index contributed by atoms with van der Waals surface area (Å²) in [5, 5.41) is 0. The van der Waals surface area contributed by atoms with E-state index in [1.807, 2.05) is 35.4 Å². The molecule has 3 fully saturated rings. The van der Waals surface area contributed by atoms with Crippen LogP contribution in [-0.4, -0.2) is 83.0 Å². The van der Waals surface area contributed by atoms with Gasteiger partial charge in [-0.2, -0.15) is 0 Å². The smallest absolute Gasteiger partial charge is 0.225 e. The molecule has 8 heteroatoms. The Hall–Kier alpha value is -1.51. The minimum atomic E-state index is -0.0917. The number of fused-ring (bicyclic) bond motifs is 1. The Kier molecular flexibility index (Phi) is 7.05. The molecule has 4 heterocycles. The molecule has 4 rings (SSSR count). The number of rotatable bonds is 8. The van der Waals surface area contributed by atoms with Gasteiger partial charge in [0.2, 0.25) is 11.8 Å². The van der Waals surface area contributed by atoms with Crippen LogP contribution in [0.2, 0.25) is 0 Å². The van der Waals surface area contributed by atoms with E-state index in [1.165, 1.54) is 4.88 Å². The Balaban J connectivity index is 1.48. The van der Waals surface area contributed by atoms with Gasteiger partial charge >= 0.3 is 0 Å². The largest absolute Gasteiger partial charge is 0.376 e. The molecule has 0 saturated carbocycles. The zero-order valence-corrected chi connectivity index (χ0v) is 19.0. The first-order valence-electron chi connectivity index (χ1n) is 11.4. The molecule has 0 bridgehead atoms. The van der Waals surface area contributed by atoms with Crippen LogP contribution in [0.5, 0.6) is 0 Å². The summed E-state index contributed by atoms with van der Waals surface area (Å²) in [5.74, 6) is 0.921. The summed E-state index contributed by atoms with van der Waals surface area (Å²) in [6.07, 6.45) is 5.06. The van der Waals surface area contributed by atoms with Crippen LogP contribution in [-0.2, 0) is 20.9 Å². The lowest BCUT2D eigenvalue weighted by atomic mass is 9.84. The minimum Gasteiger partial charge on any atom is -0.376 e. The summed E-state index contributed by atoms with van der Waals surface area (Å²) in [6, 6.07) is 0.276. The number of thiazole rings is 1. The molecule has 0 aliphatic carbocycles. The van der Waals surface area contributed by atoms with Crippen molar-refractivity contribution in [3.8, 4) is 0 Å². The second-order valence-corrected chi connectivity index (χ2v) is 9.71. The van der Waals surface area contributed by atoms with Gasteiger partial charge in [0, 0.05) is 68.7 Å². The van der Waals surface area contributed by atoms with Crippen molar-refractivity contribution in [3.63, 3.8) is 0 Å². The Labute approximate surface area is 183 Å². The van der Waals surface area contributed by atoms with Crippen LogP contribution in [0.25, 0.3) is 0 Å². The number of carbonyl (C=O) groups is 2. The van der Waals surface area contributed by atoms with Gasteiger partial charge in [0.25, 0.3) is 0 Å². The highest BCUT2D eigenvalue weighted by molar-refractivity contribution is 7.09. The molecule has 7 nitrogen and oxygen atoms in total. The Morgan fingerprint density at radius 3 is 2.67 bits per heavy atom. The van der Waals surface area contributed by atoms with Gasteiger partial charge in [-0.05, 0) is 32.6 Å². The van der Waals surface area contributed by atoms with Crippen molar-refractivity contribution in [2.45, 2.75) is 58.2 Å². The molecule has 0 radical (unpaired) electrons. The average Bonchev–Trinajstić information content (AvgIpc) is 3.51. The van der Waals surface area contributed by atoms with E-state index in [2.05, 4.69) is 9.88 Å². The third kappa shape index (κ3) is 4.55. The summed E-state index contributed by atoms with van der Waals surface area (Å²) < 4.78 is 6.19. The summed E-state index contributed by atoms with van der Waals surface area (Å²) in [6.45, 7) is 9.66. The van der Waals surface area contributed by atoms with Gasteiger partial charge in [-0.25, -0.2) is 0 Å². The molecule has 3 aliphatic rings. The lowest BCUT2D eigenvalue weighted by Crippen LogP contribution is -2.38. The van der Waals surface area contributed by atoms with E-state index in [9.17, 15) is 9.59 Å². The quantitative estimate of drug-likeness (QED) is 0.628. The topological polar surface area (TPSA) is 66.0 Å². The summed E-state index contributed by atoms with van der Waals surface area (Å²) in [4.78, 5) is 37.5. The molecule has 1 aromatic rings. The summed E-state index contributed by atoms with van der Waals surface area (Å²) in [7, 11) is 0. The van der Waals surface area contributed by atoms with E-state index in [1.54, 1.807) is 11.3 Å². The Bertz CT molecular complexity index is 718. The van der Waals surface area contributed by atoms with Crippen LogP contribution < -0.4 is 0 Å². The fourth-order valence-corrected chi connectivity index (χ4v) is 6.13. The predicted molar refractivity (Wildman–Crippen MR) is 116 cm³/mol. The van der Waals surface area contributed by atoms with Crippen molar-refractivity contribution in [2.24, 2.45) is 11.8 Å². The van der Waals surface area contributed by atoms with Crippen LogP contribution in [0, 0.1) is 11.8 Å². The molecule has 1 aromatic heterocycles. The van der Waals surface area contributed by atoms with Crippen LogP contribution in [0.3, 0.4) is 0 Å². The molecule has 3 saturated heterocycles. The standard InChI is InChI=1S/C22H34N4O3S/c1-3-24(4-2)21(28)10-19-22-16(9-20(27)25-7-5-6-8-25)12-26(18(22)14-29-19)13-17-11-23-15-30-17/h11,15-16,18-19,22H,3-10,12-14H2,1-2H3/t16-,18-,19+,22-/m1/s1. The van der Waals surface area contributed by atoms with Crippen LogP contribution in [0.1, 0.15) is 44.4 Å². The zero-order chi connectivity index (χ0) is 21.1. The SMILES string of the molecule is CCN(CC)C(=O)C[C@@H]1OC[C@@H]2[C@H]1[C@H](CC(=O)N1CCCC1)CN2Cc1cncs1.